The minimum atomic E-state index is -0.197. The molecule has 0 saturated heterocycles. The van der Waals surface area contributed by atoms with Gasteiger partial charge in [0.2, 0.25) is 0 Å². The van der Waals surface area contributed by atoms with E-state index < -0.39 is 0 Å². The summed E-state index contributed by atoms with van der Waals surface area (Å²) in [6.45, 7) is 4.10. The van der Waals surface area contributed by atoms with Crippen LogP contribution in [-0.2, 0) is 9.53 Å². The van der Waals surface area contributed by atoms with Crippen molar-refractivity contribution in [2.45, 2.75) is 46.0 Å². The van der Waals surface area contributed by atoms with Crippen LogP contribution in [0.3, 0.4) is 0 Å². The second-order valence-electron chi connectivity index (χ2n) is 3.78. The van der Waals surface area contributed by atoms with E-state index in [0.717, 1.165) is 32.1 Å². The second-order valence-corrected chi connectivity index (χ2v) is 3.78. The van der Waals surface area contributed by atoms with E-state index in [1.807, 2.05) is 0 Å². The zero-order valence-corrected chi connectivity index (χ0v) is 11.0. The third-order valence-electron chi connectivity index (χ3n) is 2.10. The molecular weight excluding hydrogens is 212 g/mol. The van der Waals surface area contributed by atoms with Crippen LogP contribution in [0.1, 0.15) is 46.0 Å². The molecule has 0 aromatic rings. The Hall–Kier alpha value is -1.31. The summed E-state index contributed by atoms with van der Waals surface area (Å²) >= 11 is 0. The first-order valence-corrected chi connectivity index (χ1v) is 6.35. The maximum absolute atomic E-state index is 10.5. The highest BCUT2D eigenvalue weighted by Gasteiger charge is 1.89. The normalized spacial score (nSPS) is 11.9. The lowest BCUT2D eigenvalue weighted by Crippen LogP contribution is -1.99. The van der Waals surface area contributed by atoms with Crippen LogP contribution in [0.2, 0.25) is 0 Å². The first-order valence-electron chi connectivity index (χ1n) is 6.35. The Balaban J connectivity index is 3.30. The molecule has 0 spiro atoms. The predicted octanol–water partition coefficient (Wildman–Crippen LogP) is 4.19. The monoisotopic (exact) mass is 236 g/mol. The molecule has 0 aliphatic rings. The fraction of sp³-hybridized carbons (Fsp3) is 0.533. The van der Waals surface area contributed by atoms with Gasteiger partial charge < -0.3 is 4.74 Å². The van der Waals surface area contributed by atoms with Crippen LogP contribution in [0.4, 0.5) is 0 Å². The number of esters is 1. The van der Waals surface area contributed by atoms with Gasteiger partial charge in [0.1, 0.15) is 0 Å². The first kappa shape index (κ1) is 15.7. The van der Waals surface area contributed by atoms with Gasteiger partial charge in [-0.15, -0.1) is 0 Å². The Morgan fingerprint density at radius 3 is 2.18 bits per heavy atom. The van der Waals surface area contributed by atoms with Gasteiger partial charge in [0.05, 0.1) is 6.61 Å². The Bertz CT molecular complexity index is 262. The summed E-state index contributed by atoms with van der Waals surface area (Å²) in [5, 5.41) is 0. The highest BCUT2D eigenvalue weighted by Crippen LogP contribution is 1.96. The lowest BCUT2D eigenvalue weighted by atomic mass is 10.2. The highest BCUT2D eigenvalue weighted by molar-refractivity contribution is 5.65. The summed E-state index contributed by atoms with van der Waals surface area (Å²) in [5.74, 6) is -0.197. The van der Waals surface area contributed by atoms with Crippen molar-refractivity contribution in [1.82, 2.24) is 0 Å². The zero-order valence-electron chi connectivity index (χ0n) is 11.0. The summed E-state index contributed by atoms with van der Waals surface area (Å²) in [5.41, 5.74) is 0. The Morgan fingerprint density at radius 1 is 1.00 bits per heavy atom. The van der Waals surface area contributed by atoms with Crippen molar-refractivity contribution < 1.29 is 9.53 Å². The second kappa shape index (κ2) is 12.8. The molecule has 0 atom stereocenters. The maximum atomic E-state index is 10.5. The van der Waals surface area contributed by atoms with Crippen molar-refractivity contribution >= 4 is 5.97 Å². The number of ether oxygens (including phenoxy) is 1. The predicted molar refractivity (Wildman–Crippen MR) is 72.8 cm³/mol. The van der Waals surface area contributed by atoms with Crippen molar-refractivity contribution in [1.29, 1.82) is 0 Å². The van der Waals surface area contributed by atoms with E-state index in [4.69, 9.17) is 4.74 Å². The SMILES string of the molecule is CC/C=C/C/C=C/C/C=C/CCCOC(C)=O. The smallest absolute Gasteiger partial charge is 0.302 e. The lowest BCUT2D eigenvalue weighted by molar-refractivity contribution is -0.141. The standard InChI is InChI=1S/C15H24O2/c1-3-4-5-6-7-8-9-10-11-12-13-14-17-15(2)16/h4-5,7-8,10-11H,3,6,9,12-14H2,1-2H3/b5-4+,8-7+,11-10+. The summed E-state index contributed by atoms with van der Waals surface area (Å²) in [6.07, 6.45) is 18.0. The number of allylic oxidation sites excluding steroid dienone is 6. The largest absolute Gasteiger partial charge is 0.466 e. The molecule has 0 amide bonds. The van der Waals surface area contributed by atoms with Crippen molar-refractivity contribution in [3.05, 3.63) is 36.5 Å². The molecule has 0 aromatic carbocycles. The number of hydrogen-bond donors (Lipinski definition) is 0. The van der Waals surface area contributed by atoms with E-state index in [-0.39, 0.29) is 5.97 Å². The number of hydrogen-bond acceptors (Lipinski definition) is 2. The van der Waals surface area contributed by atoms with E-state index in [9.17, 15) is 4.79 Å². The van der Waals surface area contributed by atoms with E-state index in [0.29, 0.717) is 6.61 Å². The molecule has 0 bridgehead atoms. The summed E-state index contributed by atoms with van der Waals surface area (Å²) in [4.78, 5) is 10.5. The van der Waals surface area contributed by atoms with Crippen LogP contribution in [0, 0.1) is 0 Å². The molecule has 0 aliphatic carbocycles. The average molecular weight is 236 g/mol. The summed E-state index contributed by atoms with van der Waals surface area (Å²) in [7, 11) is 0. The number of carbonyl (C=O) groups is 1. The number of rotatable bonds is 9. The van der Waals surface area contributed by atoms with Crippen molar-refractivity contribution in [2.24, 2.45) is 0 Å². The van der Waals surface area contributed by atoms with Gasteiger partial charge in [0.25, 0.3) is 0 Å². The van der Waals surface area contributed by atoms with Crippen molar-refractivity contribution in [3.63, 3.8) is 0 Å². The van der Waals surface area contributed by atoms with Gasteiger partial charge >= 0.3 is 5.97 Å². The Kier molecular flexibility index (Phi) is 11.8. The molecule has 0 radical (unpaired) electrons. The topological polar surface area (TPSA) is 26.3 Å². The highest BCUT2D eigenvalue weighted by atomic mass is 16.5. The third kappa shape index (κ3) is 14.7. The van der Waals surface area contributed by atoms with Gasteiger partial charge in [-0.3, -0.25) is 4.79 Å². The summed E-state index contributed by atoms with van der Waals surface area (Å²) < 4.78 is 4.83. The van der Waals surface area contributed by atoms with E-state index in [1.54, 1.807) is 0 Å². The van der Waals surface area contributed by atoms with Gasteiger partial charge in [0.15, 0.2) is 0 Å². The Morgan fingerprint density at radius 2 is 1.59 bits per heavy atom. The fourth-order valence-corrected chi connectivity index (χ4v) is 1.24. The quantitative estimate of drug-likeness (QED) is 0.341. The number of unbranched alkanes of at least 4 members (excludes halogenated alkanes) is 1. The van der Waals surface area contributed by atoms with Crippen molar-refractivity contribution in [2.75, 3.05) is 6.61 Å². The fourth-order valence-electron chi connectivity index (χ4n) is 1.24. The molecule has 96 valence electrons. The summed E-state index contributed by atoms with van der Waals surface area (Å²) in [6, 6.07) is 0. The lowest BCUT2D eigenvalue weighted by Gasteiger charge is -1.97. The zero-order chi connectivity index (χ0) is 12.8. The van der Waals surface area contributed by atoms with Gasteiger partial charge in [-0.25, -0.2) is 0 Å². The van der Waals surface area contributed by atoms with Crippen LogP contribution in [0.15, 0.2) is 36.5 Å². The molecule has 2 heteroatoms. The van der Waals surface area contributed by atoms with E-state index >= 15 is 0 Å². The molecule has 0 saturated carbocycles. The molecule has 0 N–H and O–H groups in total. The molecule has 0 aromatic heterocycles. The number of carbonyl (C=O) groups excluding carboxylic acids is 1. The first-order chi connectivity index (χ1) is 8.27. The molecular formula is C15H24O2. The molecule has 0 aliphatic heterocycles. The molecule has 0 fully saturated rings. The van der Waals surface area contributed by atoms with Crippen LogP contribution in [-0.4, -0.2) is 12.6 Å². The maximum Gasteiger partial charge on any atom is 0.302 e. The molecule has 0 unspecified atom stereocenters. The van der Waals surface area contributed by atoms with Crippen molar-refractivity contribution in [3.8, 4) is 0 Å². The van der Waals surface area contributed by atoms with Gasteiger partial charge in [0, 0.05) is 6.92 Å². The van der Waals surface area contributed by atoms with Crippen LogP contribution in [0.25, 0.3) is 0 Å². The van der Waals surface area contributed by atoms with Crippen LogP contribution in [0.5, 0.6) is 0 Å². The van der Waals surface area contributed by atoms with Gasteiger partial charge in [-0.05, 0) is 32.1 Å². The average Bonchev–Trinajstić information content (AvgIpc) is 2.30. The molecule has 0 rings (SSSR count). The molecule has 17 heavy (non-hydrogen) atoms. The minimum absolute atomic E-state index is 0.197. The minimum Gasteiger partial charge on any atom is -0.466 e. The van der Waals surface area contributed by atoms with Crippen LogP contribution < -0.4 is 0 Å². The van der Waals surface area contributed by atoms with Gasteiger partial charge in [-0.1, -0.05) is 43.4 Å². The van der Waals surface area contributed by atoms with Gasteiger partial charge in [-0.2, -0.15) is 0 Å². The Labute approximate surface area is 105 Å². The van der Waals surface area contributed by atoms with Crippen LogP contribution >= 0.6 is 0 Å². The van der Waals surface area contributed by atoms with E-state index in [1.165, 1.54) is 6.92 Å². The third-order valence-corrected chi connectivity index (χ3v) is 2.10. The van der Waals surface area contributed by atoms with E-state index in [2.05, 4.69) is 43.4 Å². The molecule has 0 heterocycles. The molecule has 2 nitrogen and oxygen atoms in total.